The number of carbonyl (C=O) groups is 2. The van der Waals surface area contributed by atoms with Crippen molar-refractivity contribution in [3.8, 4) is 5.75 Å². The average molecular weight is 432 g/mol. The Balaban J connectivity index is 1.87. The minimum atomic E-state index is -0.269. The quantitative estimate of drug-likeness (QED) is 0.227. The molecule has 31 heavy (non-hydrogen) atoms. The number of unbranched alkanes of at least 4 members (excludes halogenated alkanes) is 14. The van der Waals surface area contributed by atoms with E-state index >= 15 is 0 Å². The predicted molar refractivity (Wildman–Crippen MR) is 129 cm³/mol. The first kappa shape index (κ1) is 27.2. The number of imide groups is 1. The van der Waals surface area contributed by atoms with Crippen LogP contribution < -0.4 is 5.32 Å². The zero-order chi connectivity index (χ0) is 22.6. The molecule has 176 valence electrons. The van der Waals surface area contributed by atoms with E-state index in [-0.39, 0.29) is 24.0 Å². The number of aromatic hydroxyl groups is 1. The lowest BCUT2D eigenvalue weighted by Crippen LogP contribution is -2.30. The third kappa shape index (κ3) is 15.6. The van der Waals surface area contributed by atoms with Crippen molar-refractivity contribution in [3.05, 3.63) is 29.8 Å². The van der Waals surface area contributed by atoms with E-state index in [1.54, 1.807) is 18.2 Å². The Bertz CT molecular complexity index is 600. The Hall–Kier alpha value is -1.84. The number of phenolic OH excluding ortho intramolecular Hbond substituents is 1. The van der Waals surface area contributed by atoms with Crippen LogP contribution in [0.15, 0.2) is 24.3 Å². The van der Waals surface area contributed by atoms with Crippen molar-refractivity contribution < 1.29 is 14.7 Å². The monoisotopic (exact) mass is 431 g/mol. The fourth-order valence-corrected chi connectivity index (χ4v) is 3.91. The van der Waals surface area contributed by atoms with E-state index in [4.69, 9.17) is 0 Å². The first-order valence-corrected chi connectivity index (χ1v) is 12.7. The molecular formula is C27H45NO3. The molecule has 0 fully saturated rings. The molecule has 0 bridgehead atoms. The van der Waals surface area contributed by atoms with E-state index in [0.717, 1.165) is 18.4 Å². The van der Waals surface area contributed by atoms with Gasteiger partial charge in [-0.3, -0.25) is 14.9 Å². The maximum Gasteiger partial charge on any atom is 0.226 e. The van der Waals surface area contributed by atoms with E-state index < -0.39 is 0 Å². The molecule has 0 aliphatic heterocycles. The Kier molecular flexibility index (Phi) is 16.6. The number of nitrogens with one attached hydrogen (secondary N) is 1. The summed E-state index contributed by atoms with van der Waals surface area (Å²) in [5, 5.41) is 12.2. The molecule has 0 unspecified atom stereocenters. The van der Waals surface area contributed by atoms with Crippen LogP contribution in [0.2, 0.25) is 0 Å². The van der Waals surface area contributed by atoms with Gasteiger partial charge in [0.2, 0.25) is 11.8 Å². The largest absolute Gasteiger partial charge is 0.508 e. The van der Waals surface area contributed by atoms with Gasteiger partial charge in [-0.05, 0) is 24.5 Å². The third-order valence-electron chi connectivity index (χ3n) is 5.90. The molecule has 0 heterocycles. The minimum absolute atomic E-state index is 0.183. The second kappa shape index (κ2) is 18.9. The van der Waals surface area contributed by atoms with Gasteiger partial charge in [-0.25, -0.2) is 0 Å². The second-order valence-electron chi connectivity index (χ2n) is 8.80. The molecule has 0 saturated heterocycles. The molecule has 0 radical (unpaired) electrons. The molecule has 1 aromatic carbocycles. The highest BCUT2D eigenvalue weighted by Crippen LogP contribution is 2.17. The highest BCUT2D eigenvalue weighted by Gasteiger charge is 2.09. The van der Waals surface area contributed by atoms with Crippen LogP contribution in [0.4, 0.5) is 0 Å². The Labute approximate surface area is 190 Å². The van der Waals surface area contributed by atoms with Crippen molar-refractivity contribution in [1.82, 2.24) is 5.32 Å². The molecule has 0 saturated carbocycles. The summed E-state index contributed by atoms with van der Waals surface area (Å²) < 4.78 is 0. The number of carbonyl (C=O) groups excluding carboxylic acids is 2. The van der Waals surface area contributed by atoms with Crippen LogP contribution in [-0.2, 0) is 16.0 Å². The van der Waals surface area contributed by atoms with Crippen LogP contribution in [0, 0.1) is 0 Å². The summed E-state index contributed by atoms with van der Waals surface area (Å²) in [4.78, 5) is 23.8. The molecule has 0 spiro atoms. The average Bonchev–Trinajstić information content (AvgIpc) is 2.76. The van der Waals surface area contributed by atoms with Crippen molar-refractivity contribution in [2.75, 3.05) is 0 Å². The SMILES string of the molecule is CCCCCCCCCCCCCCCCCC(=O)NC(=O)CCc1ccccc1O. The Morgan fingerprint density at radius 1 is 0.677 bits per heavy atom. The summed E-state index contributed by atoms with van der Waals surface area (Å²) in [6, 6.07) is 6.98. The zero-order valence-corrected chi connectivity index (χ0v) is 19.8. The number of rotatable bonds is 19. The number of phenols is 1. The molecule has 2 N–H and O–H groups in total. The smallest absolute Gasteiger partial charge is 0.226 e. The lowest BCUT2D eigenvalue weighted by atomic mass is 10.0. The van der Waals surface area contributed by atoms with Gasteiger partial charge in [-0.1, -0.05) is 115 Å². The number of para-hydroxylation sites is 1. The third-order valence-corrected chi connectivity index (χ3v) is 5.90. The number of hydrogen-bond donors (Lipinski definition) is 2. The molecule has 2 amide bonds. The maximum atomic E-state index is 11.9. The van der Waals surface area contributed by atoms with Crippen LogP contribution in [0.25, 0.3) is 0 Å². The molecule has 4 nitrogen and oxygen atoms in total. The molecule has 0 atom stereocenters. The van der Waals surface area contributed by atoms with Crippen LogP contribution in [0.5, 0.6) is 5.75 Å². The molecule has 4 heteroatoms. The van der Waals surface area contributed by atoms with Gasteiger partial charge in [0.25, 0.3) is 0 Å². The van der Waals surface area contributed by atoms with Crippen molar-refractivity contribution in [1.29, 1.82) is 0 Å². The predicted octanol–water partition coefficient (Wildman–Crippen LogP) is 7.23. The van der Waals surface area contributed by atoms with Crippen LogP contribution in [0.3, 0.4) is 0 Å². The molecular weight excluding hydrogens is 386 g/mol. The summed E-state index contributed by atoms with van der Waals surface area (Å²) in [5.41, 5.74) is 0.729. The normalized spacial score (nSPS) is 10.9. The van der Waals surface area contributed by atoms with Gasteiger partial charge in [0.15, 0.2) is 0 Å². The summed E-state index contributed by atoms with van der Waals surface area (Å²) in [6.45, 7) is 2.27. The number of benzene rings is 1. The van der Waals surface area contributed by atoms with E-state index in [1.165, 1.54) is 83.5 Å². The highest BCUT2D eigenvalue weighted by atomic mass is 16.3. The van der Waals surface area contributed by atoms with Crippen molar-refractivity contribution >= 4 is 11.8 Å². The molecule has 0 aromatic heterocycles. The standard InChI is InChI=1S/C27H45NO3/c1-2-3-4-5-6-7-8-9-10-11-12-13-14-15-16-21-26(30)28-27(31)23-22-24-19-17-18-20-25(24)29/h17-20,29H,2-16,21-23H2,1H3,(H,28,30,31). The van der Waals surface area contributed by atoms with Crippen LogP contribution in [-0.4, -0.2) is 16.9 Å². The first-order valence-electron chi connectivity index (χ1n) is 12.7. The summed E-state index contributed by atoms with van der Waals surface area (Å²) >= 11 is 0. The number of amides is 2. The van der Waals surface area contributed by atoms with E-state index in [0.29, 0.717) is 12.8 Å². The molecule has 1 aromatic rings. The zero-order valence-electron chi connectivity index (χ0n) is 19.8. The molecule has 1 rings (SSSR count). The Morgan fingerprint density at radius 3 is 1.65 bits per heavy atom. The van der Waals surface area contributed by atoms with E-state index in [9.17, 15) is 14.7 Å². The fourth-order valence-electron chi connectivity index (χ4n) is 3.91. The Morgan fingerprint density at radius 2 is 1.13 bits per heavy atom. The van der Waals surface area contributed by atoms with Crippen LogP contribution in [0.1, 0.15) is 122 Å². The summed E-state index contributed by atoms with van der Waals surface area (Å²) in [6.07, 6.45) is 20.5. The summed E-state index contributed by atoms with van der Waals surface area (Å²) in [7, 11) is 0. The maximum absolute atomic E-state index is 11.9. The van der Waals surface area contributed by atoms with Gasteiger partial charge in [-0.15, -0.1) is 0 Å². The topological polar surface area (TPSA) is 66.4 Å². The van der Waals surface area contributed by atoms with Gasteiger partial charge >= 0.3 is 0 Å². The van der Waals surface area contributed by atoms with Crippen molar-refractivity contribution in [2.24, 2.45) is 0 Å². The van der Waals surface area contributed by atoms with Gasteiger partial charge in [-0.2, -0.15) is 0 Å². The van der Waals surface area contributed by atoms with Gasteiger partial charge < -0.3 is 5.11 Å². The fraction of sp³-hybridized carbons (Fsp3) is 0.704. The lowest BCUT2D eigenvalue weighted by Gasteiger charge is -2.06. The van der Waals surface area contributed by atoms with Crippen LogP contribution >= 0.6 is 0 Å². The molecule has 0 aliphatic rings. The van der Waals surface area contributed by atoms with E-state index in [1.807, 2.05) is 6.07 Å². The highest BCUT2D eigenvalue weighted by molar-refractivity contribution is 5.95. The van der Waals surface area contributed by atoms with Gasteiger partial charge in [0.05, 0.1) is 0 Å². The summed E-state index contributed by atoms with van der Waals surface area (Å²) in [5.74, 6) is -0.259. The number of aryl methyl sites for hydroxylation is 1. The van der Waals surface area contributed by atoms with Crippen molar-refractivity contribution in [3.63, 3.8) is 0 Å². The van der Waals surface area contributed by atoms with Gasteiger partial charge in [0, 0.05) is 12.8 Å². The van der Waals surface area contributed by atoms with E-state index in [2.05, 4.69) is 12.2 Å². The minimum Gasteiger partial charge on any atom is -0.508 e. The lowest BCUT2D eigenvalue weighted by molar-refractivity contribution is -0.130. The number of hydrogen-bond acceptors (Lipinski definition) is 3. The second-order valence-corrected chi connectivity index (χ2v) is 8.80. The van der Waals surface area contributed by atoms with Crippen molar-refractivity contribution in [2.45, 2.75) is 122 Å². The molecule has 0 aliphatic carbocycles. The van der Waals surface area contributed by atoms with Gasteiger partial charge in [0.1, 0.15) is 5.75 Å². The first-order chi connectivity index (χ1) is 15.1.